The van der Waals surface area contributed by atoms with E-state index in [1.54, 1.807) is 32.4 Å². The highest BCUT2D eigenvalue weighted by Gasteiger charge is 2.08. The molecule has 1 rings (SSSR count). The molecule has 0 saturated carbocycles. The van der Waals surface area contributed by atoms with Crippen LogP contribution in [0, 0.1) is 11.3 Å². The number of anilines is 1. The van der Waals surface area contributed by atoms with E-state index in [0.717, 1.165) is 0 Å². The average molecular weight is 319 g/mol. The Kier molecular flexibility index (Phi) is 8.03. The summed E-state index contributed by atoms with van der Waals surface area (Å²) >= 11 is 0. The highest BCUT2D eigenvalue weighted by Crippen LogP contribution is 2.29. The number of hydrogen-bond acceptors (Lipinski definition) is 6. The minimum Gasteiger partial charge on any atom is -0.493 e. The topological polar surface area (TPSA) is 92.6 Å². The number of benzene rings is 1. The summed E-state index contributed by atoms with van der Waals surface area (Å²) in [5.74, 6) is 0.712. The van der Waals surface area contributed by atoms with E-state index in [-0.39, 0.29) is 5.57 Å². The molecule has 124 valence electrons. The molecular weight excluding hydrogens is 298 g/mol. The van der Waals surface area contributed by atoms with E-state index >= 15 is 0 Å². The van der Waals surface area contributed by atoms with Gasteiger partial charge in [-0.15, -0.1) is 0 Å². The number of nitrogens with one attached hydrogen (secondary N) is 2. The fourth-order valence-electron chi connectivity index (χ4n) is 1.74. The summed E-state index contributed by atoms with van der Waals surface area (Å²) in [5.41, 5.74) is 0.653. The fraction of sp³-hybridized carbons (Fsp3) is 0.375. The molecular formula is C16H21N3O4. The normalized spacial score (nSPS) is 10.6. The molecule has 1 aromatic carbocycles. The van der Waals surface area contributed by atoms with Gasteiger partial charge in [0.05, 0.1) is 14.2 Å². The zero-order valence-corrected chi connectivity index (χ0v) is 13.5. The Balaban J connectivity index is 2.69. The monoisotopic (exact) mass is 319 g/mol. The van der Waals surface area contributed by atoms with Crippen LogP contribution in [0.2, 0.25) is 0 Å². The number of rotatable bonds is 9. The Morgan fingerprint density at radius 2 is 2.00 bits per heavy atom. The Hall–Kier alpha value is -2.72. The van der Waals surface area contributed by atoms with Crippen molar-refractivity contribution in [1.29, 1.82) is 5.26 Å². The minimum absolute atomic E-state index is 0.0165. The molecule has 0 aliphatic heterocycles. The molecule has 0 aliphatic rings. The van der Waals surface area contributed by atoms with Crippen molar-refractivity contribution in [3.05, 3.63) is 30.0 Å². The number of ether oxygens (including phenoxy) is 3. The number of methoxy groups -OCH3 is 3. The van der Waals surface area contributed by atoms with Crippen molar-refractivity contribution in [1.82, 2.24) is 5.32 Å². The first kappa shape index (κ1) is 18.3. The molecule has 0 saturated heterocycles. The molecule has 0 aromatic heterocycles. The third-order valence-corrected chi connectivity index (χ3v) is 2.94. The maximum absolute atomic E-state index is 11.9. The van der Waals surface area contributed by atoms with Gasteiger partial charge in [0.25, 0.3) is 5.91 Å². The molecule has 0 heterocycles. The van der Waals surface area contributed by atoms with Crippen LogP contribution in [0.5, 0.6) is 11.5 Å². The lowest BCUT2D eigenvalue weighted by atomic mass is 10.2. The molecule has 0 atom stereocenters. The van der Waals surface area contributed by atoms with Crippen LogP contribution in [0.1, 0.15) is 6.42 Å². The van der Waals surface area contributed by atoms with Gasteiger partial charge in [-0.25, -0.2) is 0 Å². The molecule has 7 nitrogen and oxygen atoms in total. The highest BCUT2D eigenvalue weighted by molar-refractivity contribution is 5.97. The van der Waals surface area contributed by atoms with Crippen LogP contribution in [0.25, 0.3) is 0 Å². The Labute approximate surface area is 135 Å². The molecule has 0 bridgehead atoms. The van der Waals surface area contributed by atoms with Gasteiger partial charge in [0.1, 0.15) is 11.6 Å². The molecule has 0 aliphatic carbocycles. The van der Waals surface area contributed by atoms with E-state index < -0.39 is 5.91 Å². The van der Waals surface area contributed by atoms with Gasteiger partial charge in [-0.2, -0.15) is 5.26 Å². The summed E-state index contributed by atoms with van der Waals surface area (Å²) in [4.78, 5) is 11.9. The summed E-state index contributed by atoms with van der Waals surface area (Å²) in [5, 5.41) is 14.6. The van der Waals surface area contributed by atoms with Crippen molar-refractivity contribution in [3.63, 3.8) is 0 Å². The van der Waals surface area contributed by atoms with E-state index in [9.17, 15) is 4.79 Å². The van der Waals surface area contributed by atoms with Gasteiger partial charge >= 0.3 is 0 Å². The molecule has 0 unspecified atom stereocenters. The molecule has 7 heteroatoms. The van der Waals surface area contributed by atoms with Crippen molar-refractivity contribution in [2.75, 3.05) is 39.8 Å². The SMILES string of the molecule is COCCCNC(=O)/C(C#N)=C\Nc1ccc(OC)c(OC)c1. The predicted octanol–water partition coefficient (Wildman–Crippen LogP) is 1.68. The van der Waals surface area contributed by atoms with Gasteiger partial charge < -0.3 is 24.8 Å². The first-order valence-electron chi connectivity index (χ1n) is 7.02. The maximum Gasteiger partial charge on any atom is 0.263 e. The number of nitriles is 1. The molecule has 0 fully saturated rings. The third kappa shape index (κ3) is 5.88. The molecule has 0 spiro atoms. The van der Waals surface area contributed by atoms with Crippen LogP contribution < -0.4 is 20.1 Å². The lowest BCUT2D eigenvalue weighted by molar-refractivity contribution is -0.117. The van der Waals surface area contributed by atoms with Crippen LogP contribution in [0.3, 0.4) is 0 Å². The van der Waals surface area contributed by atoms with E-state index in [1.165, 1.54) is 13.3 Å². The van der Waals surface area contributed by atoms with Gasteiger partial charge in [0, 0.05) is 38.2 Å². The quantitative estimate of drug-likeness (QED) is 0.409. The van der Waals surface area contributed by atoms with Gasteiger partial charge in [0.2, 0.25) is 0 Å². The summed E-state index contributed by atoms with van der Waals surface area (Å²) in [7, 11) is 4.67. The number of amides is 1. The van der Waals surface area contributed by atoms with Crippen molar-refractivity contribution >= 4 is 11.6 Å². The fourth-order valence-corrected chi connectivity index (χ4v) is 1.74. The van der Waals surface area contributed by atoms with Crippen LogP contribution in [-0.4, -0.2) is 40.4 Å². The first-order valence-corrected chi connectivity index (χ1v) is 7.02. The van der Waals surface area contributed by atoms with Crippen LogP contribution >= 0.6 is 0 Å². The highest BCUT2D eigenvalue weighted by atomic mass is 16.5. The van der Waals surface area contributed by atoms with Crippen molar-refractivity contribution in [3.8, 4) is 17.6 Å². The van der Waals surface area contributed by atoms with Gasteiger partial charge in [-0.1, -0.05) is 0 Å². The molecule has 23 heavy (non-hydrogen) atoms. The second-order valence-electron chi connectivity index (χ2n) is 4.49. The summed E-state index contributed by atoms with van der Waals surface area (Å²) in [6, 6.07) is 7.05. The minimum atomic E-state index is -0.434. The van der Waals surface area contributed by atoms with E-state index in [4.69, 9.17) is 19.5 Å². The van der Waals surface area contributed by atoms with E-state index in [2.05, 4.69) is 10.6 Å². The summed E-state index contributed by atoms with van der Waals surface area (Å²) in [6.07, 6.45) is 2.04. The van der Waals surface area contributed by atoms with E-state index in [0.29, 0.717) is 36.8 Å². The second kappa shape index (κ2) is 10.1. The zero-order chi connectivity index (χ0) is 17.1. The Morgan fingerprint density at radius 3 is 2.61 bits per heavy atom. The lowest BCUT2D eigenvalue weighted by Crippen LogP contribution is -2.26. The van der Waals surface area contributed by atoms with Crippen molar-refractivity contribution in [2.24, 2.45) is 0 Å². The first-order chi connectivity index (χ1) is 11.2. The smallest absolute Gasteiger partial charge is 0.263 e. The molecule has 1 amide bonds. The van der Waals surface area contributed by atoms with Gasteiger partial charge in [-0.3, -0.25) is 4.79 Å². The standard InChI is InChI=1S/C16H21N3O4/c1-21-8-4-7-18-16(20)12(10-17)11-19-13-5-6-14(22-2)15(9-13)23-3/h5-6,9,11,19H,4,7-8H2,1-3H3,(H,18,20)/b12-11-. The predicted molar refractivity (Wildman–Crippen MR) is 86.4 cm³/mol. The van der Waals surface area contributed by atoms with Crippen LogP contribution in [-0.2, 0) is 9.53 Å². The molecule has 2 N–H and O–H groups in total. The van der Waals surface area contributed by atoms with Crippen LogP contribution in [0.15, 0.2) is 30.0 Å². The molecule has 1 aromatic rings. The Morgan fingerprint density at radius 1 is 1.26 bits per heavy atom. The molecule has 0 radical (unpaired) electrons. The largest absolute Gasteiger partial charge is 0.493 e. The second-order valence-corrected chi connectivity index (χ2v) is 4.49. The van der Waals surface area contributed by atoms with Gasteiger partial charge in [0.15, 0.2) is 11.5 Å². The maximum atomic E-state index is 11.9. The number of carbonyl (C=O) groups is 1. The number of nitrogens with zero attached hydrogens (tertiary/aromatic N) is 1. The van der Waals surface area contributed by atoms with E-state index in [1.807, 2.05) is 6.07 Å². The lowest BCUT2D eigenvalue weighted by Gasteiger charge is -2.09. The zero-order valence-electron chi connectivity index (χ0n) is 13.5. The number of carbonyl (C=O) groups excluding carboxylic acids is 1. The van der Waals surface area contributed by atoms with Crippen LogP contribution in [0.4, 0.5) is 5.69 Å². The van der Waals surface area contributed by atoms with Gasteiger partial charge in [-0.05, 0) is 18.6 Å². The average Bonchev–Trinajstić information content (AvgIpc) is 2.59. The third-order valence-electron chi connectivity index (χ3n) is 2.94. The number of hydrogen-bond donors (Lipinski definition) is 2. The Bertz CT molecular complexity index is 593. The summed E-state index contributed by atoms with van der Waals surface area (Å²) < 4.78 is 15.2. The van der Waals surface area contributed by atoms with Crippen molar-refractivity contribution in [2.45, 2.75) is 6.42 Å². The summed E-state index contributed by atoms with van der Waals surface area (Å²) in [6.45, 7) is 0.998. The van der Waals surface area contributed by atoms with Crippen molar-refractivity contribution < 1.29 is 19.0 Å².